The summed E-state index contributed by atoms with van der Waals surface area (Å²) in [4.78, 5) is 92.6. The van der Waals surface area contributed by atoms with Crippen LogP contribution in [0.15, 0.2) is 195 Å². The number of ketones is 2. The number of nitrogens with one attached hydrogen (secondary N) is 1. The number of carbonyl (C=O) groups is 6. The lowest BCUT2D eigenvalue weighted by molar-refractivity contribution is -0.120. The summed E-state index contributed by atoms with van der Waals surface area (Å²) < 4.78 is 30.1. The average molecular weight is 1750 g/mol. The SMILES string of the molecule is C1CCOCC1.CC/C=C\C/C=C\C/C=C\C/C=C\C/C=C\CCCC(=O)CCCN.CC/C=C\C/C=C\C/C=C\C/C=C\C/C=C\CCCC(=O)CCCNC(=O)c1ccc(CCN2CCOCC2)nc1.COC(=O)c1ccc(C)nc1.COC(=O)c1ccc(CCN2CCOCC2)nc1.Cl.ClCCl.O=C(O)c1ccc(CCN2CCOCC2)nc1. The summed E-state index contributed by atoms with van der Waals surface area (Å²) in [6.45, 7) is 22.8. The normalized spacial score (nSPS) is 14.6. The Morgan fingerprint density at radius 3 is 1.03 bits per heavy atom. The van der Waals surface area contributed by atoms with Crippen LogP contribution in [0.5, 0.6) is 0 Å². The van der Waals surface area contributed by atoms with E-state index in [1.165, 1.54) is 45.9 Å². The van der Waals surface area contributed by atoms with E-state index in [1.54, 1.807) is 42.7 Å². The van der Waals surface area contributed by atoms with Crippen LogP contribution >= 0.6 is 35.6 Å². The quantitative estimate of drug-likeness (QED) is 0.0160. The summed E-state index contributed by atoms with van der Waals surface area (Å²) in [5.41, 5.74) is 11.0. The highest BCUT2D eigenvalue weighted by Gasteiger charge is 2.15. The molecule has 0 spiro atoms. The first-order chi connectivity index (χ1) is 59.2. The average Bonchev–Trinajstić information content (AvgIpc) is 0.896. The Hall–Kier alpha value is -8.23. The second-order valence-corrected chi connectivity index (χ2v) is 29.3. The zero-order valence-corrected chi connectivity index (χ0v) is 76.0. The summed E-state index contributed by atoms with van der Waals surface area (Å²) in [6.07, 6.45) is 74.3. The number of halogens is 3. The fourth-order valence-electron chi connectivity index (χ4n) is 11.6. The van der Waals surface area contributed by atoms with Gasteiger partial charge in [-0.15, -0.1) is 35.6 Å². The van der Waals surface area contributed by atoms with Crippen LogP contribution in [-0.4, -0.2) is 220 Å². The number of esters is 2. The number of nitrogens with two attached hydrogens (primary N) is 1. The summed E-state index contributed by atoms with van der Waals surface area (Å²) in [5.74, 6) is -1.16. The van der Waals surface area contributed by atoms with Gasteiger partial charge in [0, 0.05) is 171 Å². The number of hydrogen-bond donors (Lipinski definition) is 3. The molecule has 4 aliphatic rings. The van der Waals surface area contributed by atoms with Crippen LogP contribution in [-0.2, 0) is 57.3 Å². The molecule has 4 aromatic rings. The molecule has 4 aromatic heterocycles. The van der Waals surface area contributed by atoms with Crippen LogP contribution in [0.2, 0.25) is 0 Å². The monoisotopic (exact) mass is 1750 g/mol. The summed E-state index contributed by atoms with van der Waals surface area (Å²) >= 11 is 9.53. The number of aromatic carboxylic acids is 1. The van der Waals surface area contributed by atoms with Gasteiger partial charge in [0.15, 0.2) is 0 Å². The van der Waals surface area contributed by atoms with Crippen LogP contribution in [0.25, 0.3) is 0 Å². The standard InChI is InChI=1S/C35H51N3O3.C23H37NO.C13H18N2O3.C12H16N2O3.C8H9NO2.C5H10O.CH2Cl2.ClH/c1-2-3-4-5-6-7-8-9-10-11-12-13-14-15-16-17-18-20-34(39)21-19-25-36-35(40)32-22-23-33(37-31-32)24-26-38-27-29-41-30-28-38;1-2-3-4-5-6-7-8-9-10-11-12-13-14-15-16-17-18-20-23(25)21-19-22-24;1-17-13(16)11-2-3-12(14-10-11)4-5-15-6-8-18-9-7-15;15-12(16)10-1-2-11(13-9-10)3-4-14-5-7-17-8-6-14;1-6-3-4-7(5-9-6)8(10)11-2;1-2-4-6-5-3-1;2-1-3;/h3-4,6-7,9-10,12-13,15-16,22-23,31H,2,5,8,11,14,17-21,24-30H2,1H3,(H,36,40);3-4,6-7,9-10,12-13,15-16H,2,5,8,11,14,17-22,24H2,1H3;2-3,10H,4-9H2,1H3;1-2,9H,3-8H2,(H,15,16);3-5H,1-2H3;1-5H2;1H2;1H/b2*4-3-,7-6-,10-9-,13-12-,16-15-;;;;;;. The van der Waals surface area contributed by atoms with Crippen molar-refractivity contribution < 1.29 is 62.3 Å². The van der Waals surface area contributed by atoms with E-state index in [-0.39, 0.29) is 46.9 Å². The molecule has 4 aliphatic heterocycles. The molecule has 0 radical (unpaired) electrons. The second-order valence-electron chi connectivity index (χ2n) is 28.5. The van der Waals surface area contributed by atoms with Gasteiger partial charge in [-0.05, 0) is 184 Å². The Labute approximate surface area is 746 Å². The van der Waals surface area contributed by atoms with Gasteiger partial charge in [0.05, 0.1) is 81.5 Å². The fraction of sp³-hybridized carbons (Fsp3) is 0.526. The van der Waals surface area contributed by atoms with Gasteiger partial charge < -0.3 is 44.6 Å². The van der Waals surface area contributed by atoms with Crippen LogP contribution in [0.4, 0.5) is 0 Å². The Morgan fingerprint density at radius 1 is 0.426 bits per heavy atom. The minimum absolute atomic E-state index is 0. The van der Waals surface area contributed by atoms with Gasteiger partial charge in [0.2, 0.25) is 0 Å². The first-order valence-electron chi connectivity index (χ1n) is 43.5. The van der Waals surface area contributed by atoms with E-state index in [4.69, 9.17) is 53.0 Å². The van der Waals surface area contributed by atoms with Crippen molar-refractivity contribution in [3.05, 3.63) is 240 Å². The summed E-state index contributed by atoms with van der Waals surface area (Å²) in [5, 5.41) is 11.8. The molecular formula is C97H144Cl3N9O13. The highest BCUT2D eigenvalue weighted by Crippen LogP contribution is 2.12. The van der Waals surface area contributed by atoms with Crippen molar-refractivity contribution in [3.8, 4) is 0 Å². The van der Waals surface area contributed by atoms with Crippen molar-refractivity contribution in [2.24, 2.45) is 5.73 Å². The van der Waals surface area contributed by atoms with E-state index < -0.39 is 5.97 Å². The van der Waals surface area contributed by atoms with Crippen molar-refractivity contribution in [1.29, 1.82) is 0 Å². The molecule has 22 nitrogen and oxygen atoms in total. The minimum Gasteiger partial charge on any atom is -0.478 e. The lowest BCUT2D eigenvalue weighted by atomic mass is 10.1. The Kier molecular flexibility index (Phi) is 74.3. The van der Waals surface area contributed by atoms with E-state index in [0.717, 1.165) is 250 Å². The third-order valence-corrected chi connectivity index (χ3v) is 18.7. The number of hydrogen-bond acceptors (Lipinski definition) is 20. The molecule has 676 valence electrons. The third kappa shape index (κ3) is 64.5. The van der Waals surface area contributed by atoms with Crippen molar-refractivity contribution in [1.82, 2.24) is 40.0 Å². The Balaban J connectivity index is 0.000000785. The van der Waals surface area contributed by atoms with Gasteiger partial charge in [-0.25, -0.2) is 14.4 Å². The lowest BCUT2D eigenvalue weighted by Crippen LogP contribution is -2.37. The number of rotatable bonds is 46. The van der Waals surface area contributed by atoms with Gasteiger partial charge in [-0.3, -0.25) is 49.0 Å². The number of unbranched alkanes of at least 4 members (excludes halogenated alkanes) is 2. The number of nitrogens with zero attached hydrogens (tertiary/aromatic N) is 7. The maximum Gasteiger partial charge on any atom is 0.339 e. The maximum atomic E-state index is 12.4. The van der Waals surface area contributed by atoms with Crippen molar-refractivity contribution in [2.75, 3.05) is 144 Å². The molecule has 0 aliphatic carbocycles. The number of carbonyl (C=O) groups excluding carboxylic acids is 5. The second kappa shape index (κ2) is 81.1. The number of ether oxygens (including phenoxy) is 6. The topological polar surface area (TPSA) is 277 Å². The Morgan fingerprint density at radius 2 is 0.738 bits per heavy atom. The molecule has 0 bridgehead atoms. The molecule has 0 aromatic carbocycles. The van der Waals surface area contributed by atoms with E-state index in [1.807, 2.05) is 25.1 Å². The number of allylic oxidation sites excluding steroid dienone is 20. The number of alkyl halides is 2. The van der Waals surface area contributed by atoms with E-state index >= 15 is 0 Å². The van der Waals surface area contributed by atoms with Crippen LogP contribution in [0.3, 0.4) is 0 Å². The number of methoxy groups -OCH3 is 2. The number of pyridine rings is 4. The molecule has 0 saturated carbocycles. The molecule has 8 rings (SSSR count). The number of carboxylic acids is 1. The van der Waals surface area contributed by atoms with Gasteiger partial charge in [-0.1, -0.05) is 135 Å². The molecule has 4 saturated heterocycles. The molecule has 25 heteroatoms. The minimum atomic E-state index is -0.933. The molecule has 0 atom stereocenters. The molecule has 4 fully saturated rings. The van der Waals surface area contributed by atoms with Crippen molar-refractivity contribution in [3.63, 3.8) is 0 Å². The Bertz CT molecular complexity index is 3590. The summed E-state index contributed by atoms with van der Waals surface area (Å²) in [6, 6.07) is 14.2. The highest BCUT2D eigenvalue weighted by atomic mass is 35.5. The van der Waals surface area contributed by atoms with Crippen LogP contribution in [0.1, 0.15) is 226 Å². The molecule has 0 unspecified atom stereocenters. The zero-order valence-electron chi connectivity index (χ0n) is 73.7. The number of aryl methyl sites for hydroxylation is 1. The number of aromatic nitrogens is 4. The molecule has 8 heterocycles. The number of carboxylic acid groups (broad SMARTS) is 1. The van der Waals surface area contributed by atoms with Gasteiger partial charge in [0.25, 0.3) is 5.91 Å². The smallest absolute Gasteiger partial charge is 0.339 e. The third-order valence-electron chi connectivity index (χ3n) is 18.7. The maximum absolute atomic E-state index is 12.4. The highest BCUT2D eigenvalue weighted by molar-refractivity contribution is 6.40. The van der Waals surface area contributed by atoms with Gasteiger partial charge >= 0.3 is 17.9 Å². The summed E-state index contributed by atoms with van der Waals surface area (Å²) in [7, 11) is 2.72. The van der Waals surface area contributed by atoms with Crippen molar-refractivity contribution in [2.45, 2.75) is 188 Å². The van der Waals surface area contributed by atoms with Gasteiger partial charge in [-0.2, -0.15) is 0 Å². The predicted octanol–water partition coefficient (Wildman–Crippen LogP) is 18.8. The molecule has 4 N–H and O–H groups in total. The molecular weight excluding hydrogens is 1610 g/mol. The first-order valence-corrected chi connectivity index (χ1v) is 44.6. The first kappa shape index (κ1) is 112. The van der Waals surface area contributed by atoms with Crippen LogP contribution in [0, 0.1) is 6.92 Å². The molecule has 1 amide bonds. The van der Waals surface area contributed by atoms with Crippen molar-refractivity contribution >= 4 is 71.0 Å². The molecule has 122 heavy (non-hydrogen) atoms. The fourth-order valence-corrected chi connectivity index (χ4v) is 11.6. The largest absolute Gasteiger partial charge is 0.478 e. The van der Waals surface area contributed by atoms with E-state index in [9.17, 15) is 28.8 Å². The number of Topliss-reactive ketones (excluding diaryl/α,β-unsaturated/α-hetero) is 2. The van der Waals surface area contributed by atoms with Gasteiger partial charge in [0.1, 0.15) is 11.6 Å². The predicted molar refractivity (Wildman–Crippen MR) is 499 cm³/mol. The van der Waals surface area contributed by atoms with E-state index in [0.29, 0.717) is 67.7 Å². The zero-order chi connectivity index (χ0) is 87.7. The number of morpholine rings is 3. The van der Waals surface area contributed by atoms with E-state index in [2.05, 4.69) is 185 Å². The number of amides is 1. The lowest BCUT2D eigenvalue weighted by Gasteiger charge is -2.26. The van der Waals surface area contributed by atoms with Crippen LogP contribution < -0.4 is 11.1 Å².